The number of rotatable bonds is 4. The van der Waals surface area contributed by atoms with Crippen molar-refractivity contribution in [2.75, 3.05) is 5.32 Å². The molecular formula is C32H27Cl2NO2. The normalized spacial score (nSPS) is 18.3. The van der Waals surface area contributed by atoms with E-state index < -0.39 is 0 Å². The molecule has 0 saturated heterocycles. The van der Waals surface area contributed by atoms with E-state index in [1.54, 1.807) is 12.1 Å². The van der Waals surface area contributed by atoms with Gasteiger partial charge in [0.25, 0.3) is 0 Å². The molecule has 1 atom stereocenters. The molecule has 2 aliphatic rings. The van der Waals surface area contributed by atoms with Gasteiger partial charge >= 0.3 is 0 Å². The van der Waals surface area contributed by atoms with Crippen molar-refractivity contribution < 1.29 is 9.53 Å². The van der Waals surface area contributed by atoms with Crippen LogP contribution in [0, 0.1) is 5.41 Å². The van der Waals surface area contributed by atoms with E-state index in [0.29, 0.717) is 23.1 Å². The molecule has 1 N–H and O–H groups in total. The molecule has 1 aliphatic carbocycles. The highest BCUT2D eigenvalue weighted by molar-refractivity contribution is 6.35. The van der Waals surface area contributed by atoms with Gasteiger partial charge in [-0.25, -0.2) is 0 Å². The maximum Gasteiger partial charge on any atom is 0.162 e. The molecule has 186 valence electrons. The number of carbonyl (C=O) groups excluding carboxylic acids is 1. The van der Waals surface area contributed by atoms with Crippen molar-refractivity contribution in [1.29, 1.82) is 0 Å². The highest BCUT2D eigenvalue weighted by Gasteiger charge is 2.40. The van der Waals surface area contributed by atoms with E-state index in [2.05, 4.69) is 55.6 Å². The van der Waals surface area contributed by atoms with Gasteiger partial charge in [-0.05, 0) is 64.1 Å². The summed E-state index contributed by atoms with van der Waals surface area (Å²) in [5, 5.41) is 7.26. The van der Waals surface area contributed by atoms with E-state index in [1.807, 2.05) is 30.3 Å². The van der Waals surface area contributed by atoms with Crippen LogP contribution in [0.15, 0.2) is 84.4 Å². The van der Waals surface area contributed by atoms with E-state index in [1.165, 1.54) is 21.9 Å². The number of hydrogen-bond donors (Lipinski definition) is 1. The number of hydrogen-bond acceptors (Lipinski definition) is 3. The Morgan fingerprint density at radius 3 is 2.51 bits per heavy atom. The Kier molecular flexibility index (Phi) is 6.01. The monoisotopic (exact) mass is 527 g/mol. The molecule has 1 heterocycles. The van der Waals surface area contributed by atoms with Gasteiger partial charge in [0.2, 0.25) is 0 Å². The summed E-state index contributed by atoms with van der Waals surface area (Å²) in [5.41, 5.74) is 6.15. The quantitative estimate of drug-likeness (QED) is 0.287. The van der Waals surface area contributed by atoms with Crippen LogP contribution >= 0.6 is 23.2 Å². The second-order valence-electron chi connectivity index (χ2n) is 10.7. The van der Waals surface area contributed by atoms with Crippen LogP contribution in [0.3, 0.4) is 0 Å². The van der Waals surface area contributed by atoms with Crippen molar-refractivity contribution in [2.24, 2.45) is 5.41 Å². The summed E-state index contributed by atoms with van der Waals surface area (Å²) in [6.07, 6.45) is 1.42. The topological polar surface area (TPSA) is 38.3 Å². The average molecular weight is 528 g/mol. The Morgan fingerprint density at radius 2 is 1.73 bits per heavy atom. The van der Waals surface area contributed by atoms with Gasteiger partial charge in [-0.2, -0.15) is 0 Å². The maximum absolute atomic E-state index is 13.6. The second kappa shape index (κ2) is 9.24. The minimum absolute atomic E-state index is 0.0767. The molecular weight excluding hydrogens is 501 g/mol. The predicted octanol–water partition coefficient (Wildman–Crippen LogP) is 9.04. The molecule has 6 rings (SSSR count). The lowest BCUT2D eigenvalue weighted by Gasteiger charge is -2.40. The van der Waals surface area contributed by atoms with Crippen LogP contribution in [0.5, 0.6) is 5.75 Å². The van der Waals surface area contributed by atoms with Crippen molar-refractivity contribution in [1.82, 2.24) is 0 Å². The third kappa shape index (κ3) is 4.52. The minimum atomic E-state index is -0.202. The average Bonchev–Trinajstić information content (AvgIpc) is 2.87. The van der Waals surface area contributed by atoms with Gasteiger partial charge < -0.3 is 10.1 Å². The van der Waals surface area contributed by atoms with E-state index in [-0.39, 0.29) is 17.2 Å². The van der Waals surface area contributed by atoms with Gasteiger partial charge in [0.05, 0.1) is 6.04 Å². The third-order valence-electron chi connectivity index (χ3n) is 7.36. The zero-order chi connectivity index (χ0) is 25.7. The fourth-order valence-corrected chi connectivity index (χ4v) is 6.11. The molecule has 3 nitrogen and oxygen atoms in total. The molecule has 0 saturated carbocycles. The van der Waals surface area contributed by atoms with Gasteiger partial charge in [-0.15, -0.1) is 0 Å². The Balaban J connectivity index is 1.35. The van der Waals surface area contributed by atoms with Gasteiger partial charge in [-0.1, -0.05) is 85.6 Å². The fourth-order valence-electron chi connectivity index (χ4n) is 5.64. The molecule has 5 heteroatoms. The first-order chi connectivity index (χ1) is 17.8. The van der Waals surface area contributed by atoms with Crippen molar-refractivity contribution in [2.45, 2.75) is 39.3 Å². The van der Waals surface area contributed by atoms with Crippen LogP contribution in [-0.4, -0.2) is 5.78 Å². The van der Waals surface area contributed by atoms with Crippen molar-refractivity contribution >= 4 is 51.0 Å². The van der Waals surface area contributed by atoms with E-state index >= 15 is 0 Å². The molecule has 1 unspecified atom stereocenters. The van der Waals surface area contributed by atoms with E-state index in [0.717, 1.165) is 34.6 Å². The smallest absolute Gasteiger partial charge is 0.162 e. The largest absolute Gasteiger partial charge is 0.489 e. The van der Waals surface area contributed by atoms with Crippen LogP contribution < -0.4 is 10.1 Å². The predicted molar refractivity (Wildman–Crippen MR) is 152 cm³/mol. The first-order valence-electron chi connectivity index (χ1n) is 12.5. The summed E-state index contributed by atoms with van der Waals surface area (Å²) in [6, 6.07) is 25.9. The third-order valence-corrected chi connectivity index (χ3v) is 7.95. The summed E-state index contributed by atoms with van der Waals surface area (Å²) in [4.78, 5) is 13.6. The van der Waals surface area contributed by atoms with Crippen LogP contribution in [0.1, 0.15) is 49.4 Å². The highest BCUT2D eigenvalue weighted by atomic mass is 35.5. The summed E-state index contributed by atoms with van der Waals surface area (Å²) >= 11 is 12.3. The lowest BCUT2D eigenvalue weighted by atomic mass is 9.68. The number of allylic oxidation sites excluding steroid dienone is 1. The summed E-state index contributed by atoms with van der Waals surface area (Å²) in [5.74, 6) is 0.960. The van der Waals surface area contributed by atoms with E-state index in [4.69, 9.17) is 27.9 Å². The fraction of sp³-hybridized carbons (Fsp3) is 0.219. The van der Waals surface area contributed by atoms with Crippen molar-refractivity contribution in [3.05, 3.63) is 111 Å². The first kappa shape index (κ1) is 24.1. The molecule has 37 heavy (non-hydrogen) atoms. The minimum Gasteiger partial charge on any atom is -0.489 e. The van der Waals surface area contributed by atoms with Crippen LogP contribution in [-0.2, 0) is 11.4 Å². The number of carbonyl (C=O) groups is 1. The standard InChI is InChI=1S/C32H27Cl2NO2/c1-32(2)16-25-29-24-6-4-3-5-19(24)10-14-27(29)35-31(30(25)28(36)17-32)20-8-12-23(13-9-20)37-18-21-7-11-22(33)15-26(21)34/h3-15,31,35H,16-18H2,1-2H3. The number of benzene rings is 4. The lowest BCUT2D eigenvalue weighted by Crippen LogP contribution is -2.33. The van der Waals surface area contributed by atoms with Crippen LogP contribution in [0.2, 0.25) is 10.0 Å². The number of nitrogens with one attached hydrogen (secondary N) is 1. The van der Waals surface area contributed by atoms with E-state index in [9.17, 15) is 4.79 Å². The first-order valence-corrected chi connectivity index (χ1v) is 13.3. The van der Waals surface area contributed by atoms with Crippen molar-refractivity contribution in [3.8, 4) is 5.75 Å². The van der Waals surface area contributed by atoms with Crippen LogP contribution in [0.4, 0.5) is 5.69 Å². The van der Waals surface area contributed by atoms with Gasteiger partial charge in [0, 0.05) is 38.9 Å². The van der Waals surface area contributed by atoms with Crippen molar-refractivity contribution in [3.63, 3.8) is 0 Å². The summed E-state index contributed by atoms with van der Waals surface area (Å²) in [6.45, 7) is 4.73. The Morgan fingerprint density at radius 1 is 0.946 bits per heavy atom. The molecule has 0 amide bonds. The van der Waals surface area contributed by atoms with Crippen LogP contribution in [0.25, 0.3) is 16.3 Å². The number of ether oxygens (including phenoxy) is 1. The van der Waals surface area contributed by atoms with Gasteiger partial charge in [0.15, 0.2) is 5.78 Å². The highest BCUT2D eigenvalue weighted by Crippen LogP contribution is 2.52. The molecule has 0 bridgehead atoms. The molecule has 4 aromatic carbocycles. The molecule has 4 aromatic rings. The maximum atomic E-state index is 13.6. The number of fused-ring (bicyclic) bond motifs is 4. The Labute approximate surface area is 227 Å². The number of halogens is 2. The molecule has 0 aromatic heterocycles. The Hall–Kier alpha value is -3.27. The van der Waals surface area contributed by atoms with Gasteiger partial charge in [-0.3, -0.25) is 4.79 Å². The number of ketones is 1. The number of Topliss-reactive ketones (excluding diaryl/α,β-unsaturated/α-hetero) is 1. The zero-order valence-electron chi connectivity index (χ0n) is 20.8. The SMILES string of the molecule is CC1(C)CC(=O)C2=C(C1)c1c(ccc3ccccc13)NC2c1ccc(OCc2ccc(Cl)cc2Cl)cc1. The zero-order valence-corrected chi connectivity index (χ0v) is 22.3. The molecule has 0 spiro atoms. The molecule has 0 fully saturated rings. The Bertz CT molecular complexity index is 1570. The summed E-state index contributed by atoms with van der Waals surface area (Å²) < 4.78 is 5.99. The van der Waals surface area contributed by atoms with Gasteiger partial charge in [0.1, 0.15) is 12.4 Å². The number of anilines is 1. The molecule has 1 aliphatic heterocycles. The lowest BCUT2D eigenvalue weighted by molar-refractivity contribution is -0.118. The summed E-state index contributed by atoms with van der Waals surface area (Å²) in [7, 11) is 0. The molecule has 0 radical (unpaired) electrons. The second-order valence-corrected chi connectivity index (χ2v) is 11.6.